The Balaban J connectivity index is 0.000000325. The summed E-state index contributed by atoms with van der Waals surface area (Å²) < 4.78 is 23.9. The van der Waals surface area contributed by atoms with Gasteiger partial charge in [0.2, 0.25) is 5.95 Å². The molecule has 0 aliphatic heterocycles. The molecule has 1 atom stereocenters. The zero-order chi connectivity index (χ0) is 13.1. The Bertz CT molecular complexity index is 411. The SMILES string of the molecule is O=S([O-])Nc1ncccn1.[CH-]=C/C(N)=C\[CH]=[Zn]. The molecule has 3 N–H and O–H groups in total. The predicted octanol–water partition coefficient (Wildman–Crippen LogP) is -0.150. The van der Waals surface area contributed by atoms with Gasteiger partial charge in [0.1, 0.15) is 0 Å². The van der Waals surface area contributed by atoms with Crippen LogP contribution in [0.5, 0.6) is 0 Å². The summed E-state index contributed by atoms with van der Waals surface area (Å²) in [5.74, 6) is 0.0795. The second-order valence-electron chi connectivity index (χ2n) is 2.48. The van der Waals surface area contributed by atoms with E-state index in [1.54, 1.807) is 12.1 Å². The molecule has 88 valence electrons. The van der Waals surface area contributed by atoms with Crippen LogP contribution in [0, 0.1) is 6.58 Å². The van der Waals surface area contributed by atoms with E-state index >= 15 is 0 Å². The maximum absolute atomic E-state index is 9.98. The fourth-order valence-electron chi connectivity index (χ4n) is 0.618. The third-order valence-corrected chi connectivity index (χ3v) is 2.09. The Morgan fingerprint density at radius 2 is 2.18 bits per heavy atom. The molecule has 0 bridgehead atoms. The number of nitrogens with zero attached hydrogens (tertiary/aromatic N) is 2. The van der Waals surface area contributed by atoms with Crippen molar-refractivity contribution in [3.05, 3.63) is 42.9 Å². The van der Waals surface area contributed by atoms with E-state index in [1.807, 2.05) is 9.33 Å². The topological polar surface area (TPSA) is 104 Å². The molecule has 8 heteroatoms. The van der Waals surface area contributed by atoms with Crippen molar-refractivity contribution in [2.24, 2.45) is 5.73 Å². The second-order valence-corrected chi connectivity index (χ2v) is 4.14. The Labute approximate surface area is 112 Å². The molecule has 0 amide bonds. The van der Waals surface area contributed by atoms with Gasteiger partial charge in [-0.25, -0.2) is 9.97 Å². The fourth-order valence-corrected chi connectivity index (χ4v) is 1.44. The van der Waals surface area contributed by atoms with Crippen LogP contribution in [0.4, 0.5) is 5.95 Å². The van der Waals surface area contributed by atoms with Crippen LogP contribution in [0.25, 0.3) is 0 Å². The molecule has 1 heterocycles. The van der Waals surface area contributed by atoms with E-state index in [0.29, 0.717) is 5.70 Å². The van der Waals surface area contributed by atoms with Gasteiger partial charge >= 0.3 is 52.6 Å². The Morgan fingerprint density at radius 3 is 2.53 bits per heavy atom. The number of allylic oxidation sites excluding steroid dienone is 2. The van der Waals surface area contributed by atoms with Crippen molar-refractivity contribution in [3.63, 3.8) is 0 Å². The molecule has 0 aliphatic carbocycles. The van der Waals surface area contributed by atoms with Crippen molar-refractivity contribution in [3.8, 4) is 0 Å². The Kier molecular flexibility index (Phi) is 9.23. The van der Waals surface area contributed by atoms with Crippen LogP contribution in [0.15, 0.2) is 36.3 Å². The number of nitrogens with two attached hydrogens (primary N) is 1. The van der Waals surface area contributed by atoms with Gasteiger partial charge in [0.25, 0.3) is 0 Å². The van der Waals surface area contributed by atoms with Crippen LogP contribution in [-0.2, 0) is 29.1 Å². The summed E-state index contributed by atoms with van der Waals surface area (Å²) in [6.45, 7) is 5.03. The number of nitrogens with one attached hydrogen (secondary N) is 1. The normalized spacial score (nSPS) is 11.8. The minimum atomic E-state index is -2.34. The van der Waals surface area contributed by atoms with Crippen molar-refractivity contribution >= 4 is 21.8 Å². The summed E-state index contributed by atoms with van der Waals surface area (Å²) in [6.07, 6.45) is 6.07. The van der Waals surface area contributed by atoms with E-state index in [9.17, 15) is 8.76 Å². The van der Waals surface area contributed by atoms with Gasteiger partial charge in [0.05, 0.1) is 0 Å². The number of hydrogen-bond donors (Lipinski definition) is 2. The molecule has 1 aromatic heterocycles. The van der Waals surface area contributed by atoms with Crippen molar-refractivity contribution < 1.29 is 26.6 Å². The van der Waals surface area contributed by atoms with E-state index in [-0.39, 0.29) is 5.95 Å². The Morgan fingerprint density at radius 1 is 1.59 bits per heavy atom. The first-order chi connectivity index (χ1) is 8.10. The first kappa shape index (κ1) is 15.8. The van der Waals surface area contributed by atoms with Gasteiger partial charge in [0.15, 0.2) is 0 Å². The van der Waals surface area contributed by atoms with Gasteiger partial charge in [-0.15, -0.1) is 0 Å². The minimum absolute atomic E-state index is 0.0795. The molecule has 0 aromatic carbocycles. The van der Waals surface area contributed by atoms with Gasteiger partial charge in [-0.1, -0.05) is 0 Å². The monoisotopic (exact) mass is 302 g/mol. The molecule has 1 rings (SSSR count). The molecule has 6 nitrogen and oxygen atoms in total. The van der Waals surface area contributed by atoms with Crippen LogP contribution >= 0.6 is 0 Å². The van der Waals surface area contributed by atoms with Gasteiger partial charge in [-0.2, -0.15) is 0 Å². The summed E-state index contributed by atoms with van der Waals surface area (Å²) in [7, 11) is 0. The quantitative estimate of drug-likeness (QED) is 0.348. The van der Waals surface area contributed by atoms with E-state index in [1.165, 1.54) is 18.5 Å². The molecule has 0 fully saturated rings. The molecule has 1 aromatic rings. The van der Waals surface area contributed by atoms with Crippen LogP contribution in [0.3, 0.4) is 0 Å². The van der Waals surface area contributed by atoms with Crippen LogP contribution in [0.2, 0.25) is 0 Å². The second kappa shape index (κ2) is 9.95. The molecule has 0 saturated carbocycles. The molecule has 17 heavy (non-hydrogen) atoms. The van der Waals surface area contributed by atoms with Crippen molar-refractivity contribution in [2.75, 3.05) is 4.72 Å². The fraction of sp³-hybridized carbons (Fsp3) is 0. The van der Waals surface area contributed by atoms with Crippen LogP contribution in [-0.4, -0.2) is 23.3 Å². The number of rotatable bonds is 4. The average Bonchev–Trinajstić information content (AvgIpc) is 2.30. The molecule has 0 spiro atoms. The van der Waals surface area contributed by atoms with Crippen LogP contribution < -0.4 is 10.5 Å². The summed E-state index contributed by atoms with van der Waals surface area (Å²) in [4.78, 5) is 7.21. The zero-order valence-electron chi connectivity index (χ0n) is 8.95. The first-order valence-corrected chi connectivity index (χ1v) is 7.15. The molecular weight excluding hydrogens is 294 g/mol. The van der Waals surface area contributed by atoms with E-state index < -0.39 is 11.3 Å². The summed E-state index contributed by atoms with van der Waals surface area (Å²) in [5.41, 5.74) is 5.88. The molecule has 1 unspecified atom stereocenters. The molecule has 0 radical (unpaired) electrons. The van der Waals surface area contributed by atoms with Gasteiger partial charge in [-0.05, 0) is 6.07 Å². The number of aromatic nitrogens is 2. The van der Waals surface area contributed by atoms with Gasteiger partial charge in [0, 0.05) is 23.7 Å². The van der Waals surface area contributed by atoms with Crippen LogP contribution in [0.1, 0.15) is 0 Å². The predicted molar refractivity (Wildman–Crippen MR) is 61.8 cm³/mol. The third kappa shape index (κ3) is 9.68. The van der Waals surface area contributed by atoms with E-state index in [4.69, 9.17) is 12.3 Å². The molecule has 0 aliphatic rings. The summed E-state index contributed by atoms with van der Waals surface area (Å²) >= 11 is -1.22. The molecular formula is C9H10N4O2SZn-2. The summed E-state index contributed by atoms with van der Waals surface area (Å²) in [6, 6.07) is 1.60. The zero-order valence-corrected chi connectivity index (χ0v) is 12.7. The number of hydrogen-bond acceptors (Lipinski definition) is 5. The van der Waals surface area contributed by atoms with E-state index in [0.717, 1.165) is 17.9 Å². The Hall–Kier alpha value is -1.24. The van der Waals surface area contributed by atoms with Gasteiger partial charge in [-0.3, -0.25) is 8.93 Å². The number of anilines is 1. The van der Waals surface area contributed by atoms with Gasteiger partial charge < -0.3 is 4.55 Å². The van der Waals surface area contributed by atoms with Crippen molar-refractivity contribution in [1.29, 1.82) is 0 Å². The maximum atomic E-state index is 9.98. The van der Waals surface area contributed by atoms with Crippen molar-refractivity contribution in [2.45, 2.75) is 0 Å². The molecule has 0 saturated heterocycles. The standard InChI is InChI=1S/C5H6N.C4H5N3O2S.Zn/c1-3-5(6)4-2;8-10(9)7-4-5-2-1-3-6-4;/h1-4H,6H2;1-3H,(H,8,9)(H,5,6,7);/q-1;;/p-1/b5-3+;;. The summed E-state index contributed by atoms with van der Waals surface area (Å²) in [5, 5.41) is 0. The third-order valence-electron chi connectivity index (χ3n) is 1.24. The van der Waals surface area contributed by atoms with E-state index in [2.05, 4.69) is 9.97 Å². The first-order valence-electron chi connectivity index (χ1n) is 4.36. The average molecular weight is 304 g/mol. The van der Waals surface area contributed by atoms with Crippen molar-refractivity contribution in [1.82, 2.24) is 9.97 Å².